The lowest BCUT2D eigenvalue weighted by molar-refractivity contribution is 0.454. The zero-order valence-electron chi connectivity index (χ0n) is 13.8. The second-order valence-electron chi connectivity index (χ2n) is 6.28. The first-order valence-electron chi connectivity index (χ1n) is 8.28. The first kappa shape index (κ1) is 16.3. The number of rotatable bonds is 3. The SMILES string of the molecule is O=c1[nH]c(O)c(/C=c2\cnn3c(=NC4CC4)cc(-c4ccc(Cl)s4)nc23)[nH]1. The number of nitrogens with one attached hydrogen (secondary N) is 2. The number of imidazole rings is 1. The molecule has 0 bridgehead atoms. The van der Waals surface area contributed by atoms with Gasteiger partial charge in [0.25, 0.3) is 0 Å². The molecule has 0 radical (unpaired) electrons. The Kier molecular flexibility index (Phi) is 3.66. The summed E-state index contributed by atoms with van der Waals surface area (Å²) in [5, 5.41) is 14.9. The van der Waals surface area contributed by atoms with Crippen molar-refractivity contribution in [3.63, 3.8) is 0 Å². The number of thiophene rings is 1. The molecule has 4 aromatic rings. The van der Waals surface area contributed by atoms with E-state index in [0.29, 0.717) is 26.7 Å². The average molecular weight is 401 g/mol. The number of H-pyrrole nitrogens is 2. The van der Waals surface area contributed by atoms with Gasteiger partial charge in [-0.05, 0) is 31.1 Å². The van der Waals surface area contributed by atoms with Crippen LogP contribution < -0.4 is 16.4 Å². The van der Waals surface area contributed by atoms with E-state index in [1.807, 2.05) is 18.2 Å². The number of hydrogen-bond donors (Lipinski definition) is 3. The monoisotopic (exact) mass is 400 g/mol. The van der Waals surface area contributed by atoms with Crippen molar-refractivity contribution in [3.05, 3.63) is 55.6 Å². The van der Waals surface area contributed by atoms with Crippen LogP contribution in [0, 0.1) is 0 Å². The molecule has 4 aromatic heterocycles. The van der Waals surface area contributed by atoms with Crippen molar-refractivity contribution < 1.29 is 5.11 Å². The second kappa shape index (κ2) is 6.07. The minimum Gasteiger partial charge on any atom is -0.493 e. The average Bonchev–Trinajstić information content (AvgIpc) is 3.04. The van der Waals surface area contributed by atoms with E-state index in [1.165, 1.54) is 11.3 Å². The highest BCUT2D eigenvalue weighted by atomic mass is 35.5. The Morgan fingerprint density at radius 3 is 2.89 bits per heavy atom. The number of fused-ring (bicyclic) bond motifs is 1. The molecule has 0 aliphatic heterocycles. The number of halogens is 1. The summed E-state index contributed by atoms with van der Waals surface area (Å²) in [4.78, 5) is 26.6. The summed E-state index contributed by atoms with van der Waals surface area (Å²) in [7, 11) is 0. The lowest BCUT2D eigenvalue weighted by Crippen LogP contribution is -2.19. The van der Waals surface area contributed by atoms with E-state index < -0.39 is 5.69 Å². The summed E-state index contributed by atoms with van der Waals surface area (Å²) in [6.45, 7) is 0. The van der Waals surface area contributed by atoms with Gasteiger partial charge < -0.3 is 10.1 Å². The Hall–Kier alpha value is -2.91. The molecule has 3 N–H and O–H groups in total. The Morgan fingerprint density at radius 2 is 2.22 bits per heavy atom. The molecule has 4 heterocycles. The van der Waals surface area contributed by atoms with E-state index in [0.717, 1.165) is 23.4 Å². The van der Waals surface area contributed by atoms with Crippen molar-refractivity contribution in [2.75, 3.05) is 0 Å². The number of hydrogen-bond acceptors (Lipinski definition) is 6. The Labute approximate surface area is 160 Å². The molecule has 0 aromatic carbocycles. The first-order valence-corrected chi connectivity index (χ1v) is 9.47. The maximum Gasteiger partial charge on any atom is 0.326 e. The van der Waals surface area contributed by atoms with E-state index in [-0.39, 0.29) is 11.6 Å². The number of aromatic amines is 2. The first-order chi connectivity index (χ1) is 13.1. The summed E-state index contributed by atoms with van der Waals surface area (Å²) in [6.07, 6.45) is 5.39. The number of aromatic hydroxyl groups is 1. The van der Waals surface area contributed by atoms with Crippen molar-refractivity contribution >= 4 is 34.7 Å². The van der Waals surface area contributed by atoms with Crippen LogP contribution in [-0.4, -0.2) is 35.7 Å². The van der Waals surface area contributed by atoms with Crippen LogP contribution in [0.2, 0.25) is 4.34 Å². The number of nitrogens with zero attached hydrogens (tertiary/aromatic N) is 4. The van der Waals surface area contributed by atoms with Crippen molar-refractivity contribution in [1.29, 1.82) is 0 Å². The molecule has 0 atom stereocenters. The summed E-state index contributed by atoms with van der Waals surface area (Å²) >= 11 is 7.52. The molecule has 1 aliphatic rings. The van der Waals surface area contributed by atoms with E-state index in [4.69, 9.17) is 21.6 Å². The zero-order chi connectivity index (χ0) is 18.5. The standard InChI is InChI=1S/C17H13ClN6O2S/c18-13-4-3-12(27-13)10-6-14(20-9-1-2-9)24-15(21-10)8(7-19-24)5-11-16(25)23-17(26)22-11/h3-7,9,25H,1-2H2,(H2,22,23,26)/b8-5+,20-14?. The molecule has 1 saturated carbocycles. The normalized spacial score (nSPS) is 15.9. The third-order valence-electron chi connectivity index (χ3n) is 4.20. The molecule has 8 nitrogen and oxygen atoms in total. The van der Waals surface area contributed by atoms with Crippen LogP contribution in [-0.2, 0) is 0 Å². The van der Waals surface area contributed by atoms with Gasteiger partial charge in [0.15, 0.2) is 11.1 Å². The zero-order valence-corrected chi connectivity index (χ0v) is 15.4. The quantitative estimate of drug-likeness (QED) is 0.483. The Balaban J connectivity index is 1.79. The lowest BCUT2D eigenvalue weighted by Gasteiger charge is -2.00. The third kappa shape index (κ3) is 3.04. The fraction of sp³-hybridized carbons (Fsp3) is 0.176. The predicted octanol–water partition coefficient (Wildman–Crippen LogP) is 1.44. The fourth-order valence-corrected chi connectivity index (χ4v) is 3.78. The van der Waals surface area contributed by atoms with Crippen LogP contribution in [0.4, 0.5) is 0 Å². The molecule has 1 fully saturated rings. The maximum atomic E-state index is 11.4. The Bertz CT molecular complexity index is 1340. The second-order valence-corrected chi connectivity index (χ2v) is 8.00. The summed E-state index contributed by atoms with van der Waals surface area (Å²) < 4.78 is 2.35. The molecule has 136 valence electrons. The molecule has 10 heteroatoms. The smallest absolute Gasteiger partial charge is 0.326 e. The van der Waals surface area contributed by atoms with E-state index in [2.05, 4.69) is 15.1 Å². The third-order valence-corrected chi connectivity index (χ3v) is 5.46. The molecule has 0 amide bonds. The van der Waals surface area contributed by atoms with E-state index >= 15 is 0 Å². The highest BCUT2D eigenvalue weighted by molar-refractivity contribution is 7.19. The summed E-state index contributed by atoms with van der Waals surface area (Å²) in [5.74, 6) is -0.233. The van der Waals surface area contributed by atoms with Gasteiger partial charge >= 0.3 is 5.69 Å². The van der Waals surface area contributed by atoms with Crippen LogP contribution >= 0.6 is 22.9 Å². The van der Waals surface area contributed by atoms with Crippen molar-refractivity contribution in [2.24, 2.45) is 4.99 Å². The van der Waals surface area contributed by atoms with Crippen molar-refractivity contribution in [2.45, 2.75) is 18.9 Å². The highest BCUT2D eigenvalue weighted by Gasteiger charge is 2.20. The predicted molar refractivity (Wildman–Crippen MR) is 102 cm³/mol. The lowest BCUT2D eigenvalue weighted by atomic mass is 10.3. The minimum absolute atomic E-state index is 0.233. The minimum atomic E-state index is -0.485. The molecular formula is C17H13ClN6O2S. The van der Waals surface area contributed by atoms with Crippen LogP contribution in [0.25, 0.3) is 22.3 Å². The topological polar surface area (TPSA) is 111 Å². The van der Waals surface area contributed by atoms with Gasteiger partial charge in [-0.25, -0.2) is 9.78 Å². The van der Waals surface area contributed by atoms with Crippen molar-refractivity contribution in [3.8, 4) is 16.5 Å². The van der Waals surface area contributed by atoms with E-state index in [1.54, 1.807) is 16.8 Å². The fourth-order valence-electron chi connectivity index (χ4n) is 2.77. The maximum absolute atomic E-state index is 11.4. The molecule has 5 rings (SSSR count). The number of aromatic nitrogens is 5. The van der Waals surface area contributed by atoms with Gasteiger partial charge in [-0.2, -0.15) is 9.61 Å². The van der Waals surface area contributed by atoms with Crippen molar-refractivity contribution in [1.82, 2.24) is 24.6 Å². The van der Waals surface area contributed by atoms with Gasteiger partial charge in [0.05, 0.1) is 27.1 Å². The van der Waals surface area contributed by atoms with E-state index in [9.17, 15) is 9.90 Å². The largest absolute Gasteiger partial charge is 0.493 e. The molecular weight excluding hydrogens is 388 g/mol. The highest BCUT2D eigenvalue weighted by Crippen LogP contribution is 2.29. The summed E-state index contributed by atoms with van der Waals surface area (Å²) in [6, 6.07) is 5.97. The van der Waals surface area contributed by atoms with Crippen LogP contribution in [0.1, 0.15) is 18.5 Å². The van der Waals surface area contributed by atoms with Crippen LogP contribution in [0.15, 0.2) is 34.2 Å². The Morgan fingerprint density at radius 1 is 1.37 bits per heavy atom. The molecule has 1 aliphatic carbocycles. The van der Waals surface area contributed by atoms with Gasteiger partial charge in [0, 0.05) is 11.3 Å². The van der Waals surface area contributed by atoms with Gasteiger partial charge in [-0.15, -0.1) is 11.3 Å². The van der Waals surface area contributed by atoms with Crippen LogP contribution in [0.5, 0.6) is 5.88 Å². The van der Waals surface area contributed by atoms with Gasteiger partial charge in [0.2, 0.25) is 5.88 Å². The van der Waals surface area contributed by atoms with Gasteiger partial charge in [0.1, 0.15) is 5.69 Å². The molecule has 0 spiro atoms. The molecule has 27 heavy (non-hydrogen) atoms. The molecule has 0 unspecified atom stereocenters. The summed E-state index contributed by atoms with van der Waals surface area (Å²) in [5.41, 5.74) is 1.83. The van der Waals surface area contributed by atoms with Gasteiger partial charge in [-0.3, -0.25) is 9.98 Å². The van der Waals surface area contributed by atoms with Gasteiger partial charge in [-0.1, -0.05) is 11.6 Å². The van der Waals surface area contributed by atoms with Crippen LogP contribution in [0.3, 0.4) is 0 Å². The molecule has 0 saturated heterocycles.